The summed E-state index contributed by atoms with van der Waals surface area (Å²) in [4.78, 5) is 28.1. The lowest BCUT2D eigenvalue weighted by Gasteiger charge is -2.20. The summed E-state index contributed by atoms with van der Waals surface area (Å²) in [5.41, 5.74) is 2.96. The predicted molar refractivity (Wildman–Crippen MR) is 114 cm³/mol. The van der Waals surface area contributed by atoms with Gasteiger partial charge in [-0.2, -0.15) is 5.10 Å². The van der Waals surface area contributed by atoms with Gasteiger partial charge in [0.05, 0.1) is 18.0 Å². The zero-order valence-electron chi connectivity index (χ0n) is 17.1. The van der Waals surface area contributed by atoms with Gasteiger partial charge in [0, 0.05) is 43.0 Å². The Bertz CT molecular complexity index is 1280. The molecule has 0 spiro atoms. The minimum absolute atomic E-state index is 0.156. The molecule has 5 rings (SSSR count). The van der Waals surface area contributed by atoms with Crippen LogP contribution in [0, 0.1) is 6.92 Å². The second-order valence-electron chi connectivity index (χ2n) is 7.61. The molecule has 1 fully saturated rings. The van der Waals surface area contributed by atoms with Crippen molar-refractivity contribution < 1.29 is 14.3 Å². The summed E-state index contributed by atoms with van der Waals surface area (Å²) in [6.07, 6.45) is 4.92. The van der Waals surface area contributed by atoms with Gasteiger partial charge in [0.25, 0.3) is 5.91 Å². The molecule has 1 aliphatic rings. The number of pyridine rings is 2. The third-order valence-electron chi connectivity index (χ3n) is 5.28. The lowest BCUT2D eigenvalue weighted by Crippen LogP contribution is -2.25. The molecule has 0 aromatic carbocycles. The maximum atomic E-state index is 12.9. The summed E-state index contributed by atoms with van der Waals surface area (Å²) in [7, 11) is 1.81. The molecule has 0 radical (unpaired) electrons. The van der Waals surface area contributed by atoms with Gasteiger partial charge in [0.15, 0.2) is 17.2 Å². The van der Waals surface area contributed by atoms with E-state index in [9.17, 15) is 9.90 Å². The second kappa shape index (κ2) is 7.47. The van der Waals surface area contributed by atoms with E-state index in [-0.39, 0.29) is 5.69 Å². The molecule has 1 amide bonds. The van der Waals surface area contributed by atoms with Gasteiger partial charge in [-0.05, 0) is 31.5 Å². The van der Waals surface area contributed by atoms with Crippen molar-refractivity contribution in [3.8, 4) is 11.5 Å². The number of aliphatic hydroxyl groups is 1. The number of hydrogen-bond acceptors (Lipinski definition) is 8. The molecule has 10 heteroatoms. The fourth-order valence-electron chi connectivity index (χ4n) is 3.71. The third-order valence-corrected chi connectivity index (χ3v) is 5.28. The molecular formula is C21H21N7O3. The molecule has 0 saturated carbocycles. The molecule has 0 aliphatic carbocycles. The van der Waals surface area contributed by atoms with Crippen LogP contribution >= 0.6 is 0 Å². The molecule has 1 saturated heterocycles. The Morgan fingerprint density at radius 2 is 2.19 bits per heavy atom. The molecule has 10 nitrogen and oxygen atoms in total. The molecule has 4 aromatic rings. The van der Waals surface area contributed by atoms with E-state index in [2.05, 4.69) is 20.4 Å². The first-order chi connectivity index (χ1) is 15.0. The lowest BCUT2D eigenvalue weighted by atomic mass is 10.2. The molecule has 1 aliphatic heterocycles. The van der Waals surface area contributed by atoms with Gasteiger partial charge >= 0.3 is 0 Å². The van der Waals surface area contributed by atoms with Crippen molar-refractivity contribution in [2.45, 2.75) is 19.4 Å². The highest BCUT2D eigenvalue weighted by molar-refractivity contribution is 6.05. The van der Waals surface area contributed by atoms with E-state index in [1.54, 1.807) is 23.1 Å². The topological polar surface area (TPSA) is 122 Å². The van der Waals surface area contributed by atoms with Crippen molar-refractivity contribution in [2.75, 3.05) is 23.3 Å². The number of aliphatic hydroxyl groups excluding tert-OH is 1. The van der Waals surface area contributed by atoms with Crippen molar-refractivity contribution in [1.29, 1.82) is 0 Å². The highest BCUT2D eigenvalue weighted by atomic mass is 16.3. The number of oxazole rings is 1. The van der Waals surface area contributed by atoms with Crippen LogP contribution in [0.1, 0.15) is 22.6 Å². The Morgan fingerprint density at radius 1 is 1.32 bits per heavy atom. The fraction of sp³-hybridized carbons (Fsp3) is 0.286. The Labute approximate surface area is 177 Å². The molecule has 0 unspecified atom stereocenters. The standard InChI is InChI=1S/C21H21N7O3/c1-12-7-13(3-5-22-12)21-25-17(11-31-21)20(30)24-16-8-14-9-23-27(2)18(14)26-19(16)28-6-4-15(29)10-28/h3,5,7-9,11,15,29H,4,6,10H2,1-2H3,(H,24,30)/t15-/m0/s1. The predicted octanol–water partition coefficient (Wildman–Crippen LogP) is 2.15. The van der Waals surface area contributed by atoms with Crippen LogP contribution in [0.5, 0.6) is 0 Å². The van der Waals surface area contributed by atoms with E-state index in [1.807, 2.05) is 31.0 Å². The van der Waals surface area contributed by atoms with Crippen molar-refractivity contribution >= 4 is 28.4 Å². The van der Waals surface area contributed by atoms with Gasteiger partial charge in [-0.25, -0.2) is 9.97 Å². The number of β-amino-alcohol motifs (C(OH)–C–C–N with tert-alkyl or cyclic N) is 1. The van der Waals surface area contributed by atoms with Gasteiger partial charge in [-0.3, -0.25) is 14.5 Å². The Hall–Kier alpha value is -3.79. The van der Waals surface area contributed by atoms with Gasteiger partial charge in [-0.1, -0.05) is 0 Å². The average Bonchev–Trinajstić information content (AvgIpc) is 3.48. The first-order valence-electron chi connectivity index (χ1n) is 9.93. The van der Waals surface area contributed by atoms with Crippen LogP contribution in [0.2, 0.25) is 0 Å². The van der Waals surface area contributed by atoms with E-state index in [0.717, 1.165) is 16.6 Å². The van der Waals surface area contributed by atoms with Crippen LogP contribution < -0.4 is 10.2 Å². The highest BCUT2D eigenvalue weighted by Crippen LogP contribution is 2.31. The number of carbonyl (C=O) groups excluding carboxylic acids is 1. The number of carbonyl (C=O) groups is 1. The monoisotopic (exact) mass is 419 g/mol. The smallest absolute Gasteiger partial charge is 0.277 e. The summed E-state index contributed by atoms with van der Waals surface area (Å²) in [5, 5.41) is 17.9. The van der Waals surface area contributed by atoms with Crippen LogP contribution in [0.3, 0.4) is 0 Å². The summed E-state index contributed by atoms with van der Waals surface area (Å²) in [5.74, 6) is 0.528. The SMILES string of the molecule is Cc1cc(-c2nc(C(=O)Nc3cc4cnn(C)c4nc3N3CC[C@H](O)C3)co2)ccn1. The molecule has 4 aromatic heterocycles. The Balaban J connectivity index is 1.46. The summed E-state index contributed by atoms with van der Waals surface area (Å²) in [6.45, 7) is 2.98. The summed E-state index contributed by atoms with van der Waals surface area (Å²) in [6, 6.07) is 5.45. The molecule has 31 heavy (non-hydrogen) atoms. The molecule has 1 atom stereocenters. The molecular weight excluding hydrogens is 398 g/mol. The molecule has 158 valence electrons. The van der Waals surface area contributed by atoms with Gasteiger partial charge in [0.2, 0.25) is 5.89 Å². The van der Waals surface area contributed by atoms with Crippen LogP contribution in [0.4, 0.5) is 11.5 Å². The number of hydrogen-bond donors (Lipinski definition) is 2. The van der Waals surface area contributed by atoms with Crippen LogP contribution in [0.25, 0.3) is 22.5 Å². The first-order valence-corrected chi connectivity index (χ1v) is 9.93. The van der Waals surface area contributed by atoms with E-state index in [4.69, 9.17) is 9.40 Å². The minimum atomic E-state index is -0.422. The Kier molecular flexibility index (Phi) is 4.63. The van der Waals surface area contributed by atoms with Gasteiger partial charge in [0.1, 0.15) is 6.26 Å². The fourth-order valence-corrected chi connectivity index (χ4v) is 3.71. The van der Waals surface area contributed by atoms with Crippen LogP contribution in [0.15, 0.2) is 41.3 Å². The number of nitrogens with zero attached hydrogens (tertiary/aromatic N) is 6. The van der Waals surface area contributed by atoms with E-state index in [0.29, 0.717) is 42.6 Å². The van der Waals surface area contributed by atoms with E-state index < -0.39 is 12.0 Å². The number of rotatable bonds is 4. The number of aromatic nitrogens is 5. The maximum Gasteiger partial charge on any atom is 0.277 e. The highest BCUT2D eigenvalue weighted by Gasteiger charge is 2.26. The second-order valence-corrected chi connectivity index (χ2v) is 7.61. The number of amides is 1. The van der Waals surface area contributed by atoms with Crippen molar-refractivity contribution in [1.82, 2.24) is 24.7 Å². The Morgan fingerprint density at radius 3 is 2.97 bits per heavy atom. The zero-order chi connectivity index (χ0) is 21.5. The quantitative estimate of drug-likeness (QED) is 0.516. The van der Waals surface area contributed by atoms with E-state index in [1.165, 1.54) is 6.26 Å². The van der Waals surface area contributed by atoms with Crippen molar-refractivity contribution in [3.05, 3.63) is 48.2 Å². The number of aryl methyl sites for hydroxylation is 2. The molecule has 2 N–H and O–H groups in total. The van der Waals surface area contributed by atoms with Crippen LogP contribution in [-0.4, -0.2) is 54.9 Å². The number of nitrogens with one attached hydrogen (secondary N) is 1. The maximum absolute atomic E-state index is 12.9. The van der Waals surface area contributed by atoms with E-state index >= 15 is 0 Å². The molecule has 0 bridgehead atoms. The normalized spacial score (nSPS) is 16.2. The summed E-state index contributed by atoms with van der Waals surface area (Å²) < 4.78 is 7.19. The van der Waals surface area contributed by atoms with Crippen molar-refractivity contribution in [3.63, 3.8) is 0 Å². The minimum Gasteiger partial charge on any atom is -0.444 e. The van der Waals surface area contributed by atoms with Crippen LogP contribution in [-0.2, 0) is 7.05 Å². The number of anilines is 2. The number of fused-ring (bicyclic) bond motifs is 1. The van der Waals surface area contributed by atoms with Gasteiger partial charge < -0.3 is 19.7 Å². The largest absolute Gasteiger partial charge is 0.444 e. The van der Waals surface area contributed by atoms with Gasteiger partial charge in [-0.15, -0.1) is 0 Å². The van der Waals surface area contributed by atoms with Crippen molar-refractivity contribution in [2.24, 2.45) is 7.05 Å². The average molecular weight is 419 g/mol. The first kappa shape index (κ1) is 19.2. The molecule has 5 heterocycles. The third kappa shape index (κ3) is 3.61. The lowest BCUT2D eigenvalue weighted by molar-refractivity contribution is 0.102. The zero-order valence-corrected chi connectivity index (χ0v) is 17.1. The summed E-state index contributed by atoms with van der Waals surface area (Å²) >= 11 is 0.